The van der Waals surface area contributed by atoms with Gasteiger partial charge in [0.2, 0.25) is 0 Å². The molecule has 0 unspecified atom stereocenters. The van der Waals surface area contributed by atoms with Gasteiger partial charge in [-0.3, -0.25) is 4.79 Å². The summed E-state index contributed by atoms with van der Waals surface area (Å²) in [4.78, 5) is 11.2. The molecule has 14 heavy (non-hydrogen) atoms. The number of hydrogen-bond donors (Lipinski definition) is 1. The summed E-state index contributed by atoms with van der Waals surface area (Å²) in [5, 5.41) is 8.52. The van der Waals surface area contributed by atoms with Crippen LogP contribution in [0.1, 0.15) is 18.4 Å². The van der Waals surface area contributed by atoms with Gasteiger partial charge in [-0.2, -0.15) is 0 Å². The molecule has 0 atom stereocenters. The molecule has 1 N–H and O–H groups in total. The van der Waals surface area contributed by atoms with Crippen LogP contribution in [0.2, 0.25) is 0 Å². The predicted molar refractivity (Wildman–Crippen MR) is 54.9 cm³/mol. The van der Waals surface area contributed by atoms with Crippen LogP contribution in [0.5, 0.6) is 0 Å². The maximum atomic E-state index is 11.2. The minimum atomic E-state index is -0.0565. The summed E-state index contributed by atoms with van der Waals surface area (Å²) in [5.74, 6) is 5.76. The van der Waals surface area contributed by atoms with Crippen molar-refractivity contribution < 1.29 is 5.11 Å². The summed E-state index contributed by atoms with van der Waals surface area (Å²) in [7, 11) is 1.70. The van der Waals surface area contributed by atoms with Crippen LogP contribution in [0.3, 0.4) is 0 Å². The molecule has 1 aromatic heterocycles. The lowest BCUT2D eigenvalue weighted by Gasteiger charge is -1.94. The van der Waals surface area contributed by atoms with Crippen LogP contribution in [0, 0.1) is 11.8 Å². The Hall–Kier alpha value is -1.53. The molecular weight excluding hydrogens is 178 g/mol. The van der Waals surface area contributed by atoms with Gasteiger partial charge >= 0.3 is 0 Å². The number of rotatable bonds is 2. The number of aromatic nitrogens is 1. The lowest BCUT2D eigenvalue weighted by molar-refractivity contribution is 0.290. The summed E-state index contributed by atoms with van der Waals surface area (Å²) < 4.78 is 1.50. The Kier molecular flexibility index (Phi) is 3.96. The average Bonchev–Trinajstić information content (AvgIpc) is 2.18. The third-order valence-corrected chi connectivity index (χ3v) is 1.80. The Bertz CT molecular complexity index is 409. The number of aliphatic hydroxyl groups is 1. The maximum absolute atomic E-state index is 11.2. The first kappa shape index (κ1) is 10.6. The molecule has 0 bridgehead atoms. The Balaban J connectivity index is 2.71. The molecule has 0 spiro atoms. The van der Waals surface area contributed by atoms with Gasteiger partial charge in [-0.1, -0.05) is 11.8 Å². The summed E-state index contributed by atoms with van der Waals surface area (Å²) in [5.41, 5.74) is 0.671. The molecule has 3 nitrogen and oxygen atoms in total. The van der Waals surface area contributed by atoms with E-state index in [9.17, 15) is 4.79 Å². The molecule has 1 heterocycles. The lowest BCUT2D eigenvalue weighted by atomic mass is 10.2. The average molecular weight is 191 g/mol. The van der Waals surface area contributed by atoms with Crippen LogP contribution in [-0.4, -0.2) is 16.3 Å². The minimum Gasteiger partial charge on any atom is -0.396 e. The number of aliphatic hydroxyl groups excluding tert-OH is 1. The number of pyridine rings is 1. The van der Waals surface area contributed by atoms with E-state index in [1.165, 1.54) is 10.6 Å². The minimum absolute atomic E-state index is 0.0565. The number of aryl methyl sites for hydroxylation is 1. The van der Waals surface area contributed by atoms with Crippen molar-refractivity contribution in [1.82, 2.24) is 4.57 Å². The van der Waals surface area contributed by atoms with Crippen LogP contribution < -0.4 is 5.56 Å². The molecule has 74 valence electrons. The van der Waals surface area contributed by atoms with Gasteiger partial charge in [0, 0.05) is 37.9 Å². The van der Waals surface area contributed by atoms with Crippen molar-refractivity contribution >= 4 is 0 Å². The van der Waals surface area contributed by atoms with Crippen molar-refractivity contribution in [2.24, 2.45) is 7.05 Å². The van der Waals surface area contributed by atoms with Gasteiger partial charge in [-0.05, 0) is 12.5 Å². The Morgan fingerprint density at radius 2 is 2.36 bits per heavy atom. The second kappa shape index (κ2) is 5.25. The van der Waals surface area contributed by atoms with E-state index in [4.69, 9.17) is 5.11 Å². The van der Waals surface area contributed by atoms with E-state index in [0.717, 1.165) is 5.56 Å². The van der Waals surface area contributed by atoms with Crippen molar-refractivity contribution in [3.8, 4) is 11.8 Å². The zero-order chi connectivity index (χ0) is 10.4. The van der Waals surface area contributed by atoms with Crippen molar-refractivity contribution in [1.29, 1.82) is 0 Å². The molecule has 0 fully saturated rings. The third-order valence-electron chi connectivity index (χ3n) is 1.80. The van der Waals surface area contributed by atoms with Crippen molar-refractivity contribution in [3.05, 3.63) is 34.2 Å². The fraction of sp³-hybridized carbons (Fsp3) is 0.364. The van der Waals surface area contributed by atoms with E-state index in [1.807, 2.05) is 0 Å². The third kappa shape index (κ3) is 3.08. The van der Waals surface area contributed by atoms with E-state index in [1.54, 1.807) is 19.3 Å². The summed E-state index contributed by atoms with van der Waals surface area (Å²) in [6.45, 7) is 0.158. The molecule has 0 saturated heterocycles. The van der Waals surface area contributed by atoms with Crippen LogP contribution in [0.25, 0.3) is 0 Å². The molecule has 1 rings (SSSR count). The fourth-order valence-electron chi connectivity index (χ4n) is 0.958. The molecule has 0 saturated carbocycles. The molecule has 0 aliphatic rings. The maximum Gasteiger partial charge on any atom is 0.251 e. The van der Waals surface area contributed by atoms with Crippen molar-refractivity contribution in [2.75, 3.05) is 6.61 Å². The highest BCUT2D eigenvalue weighted by Gasteiger charge is 1.90. The van der Waals surface area contributed by atoms with E-state index < -0.39 is 0 Å². The van der Waals surface area contributed by atoms with Crippen LogP contribution in [-0.2, 0) is 7.05 Å². The first-order valence-electron chi connectivity index (χ1n) is 4.50. The largest absolute Gasteiger partial charge is 0.396 e. The highest BCUT2D eigenvalue weighted by atomic mass is 16.2. The lowest BCUT2D eigenvalue weighted by Crippen LogP contribution is -2.14. The summed E-state index contributed by atoms with van der Waals surface area (Å²) >= 11 is 0. The van der Waals surface area contributed by atoms with Crippen LogP contribution in [0.15, 0.2) is 23.1 Å². The van der Waals surface area contributed by atoms with E-state index in [-0.39, 0.29) is 12.2 Å². The zero-order valence-corrected chi connectivity index (χ0v) is 8.16. The number of hydrogen-bond acceptors (Lipinski definition) is 2. The standard InChI is InChI=1S/C11H13NO2/c1-12-7-6-10(9-11(12)14)5-3-2-4-8-13/h6-7,9,13H,2,4,8H2,1H3. The second-order valence-corrected chi connectivity index (χ2v) is 2.99. The van der Waals surface area contributed by atoms with Gasteiger partial charge < -0.3 is 9.67 Å². The van der Waals surface area contributed by atoms with Crippen LogP contribution in [0.4, 0.5) is 0 Å². The summed E-state index contributed by atoms with van der Waals surface area (Å²) in [6, 6.07) is 3.30. The van der Waals surface area contributed by atoms with Gasteiger partial charge in [0.15, 0.2) is 0 Å². The van der Waals surface area contributed by atoms with Gasteiger partial charge in [0.25, 0.3) is 5.56 Å². The highest BCUT2D eigenvalue weighted by molar-refractivity contribution is 5.32. The molecule has 0 amide bonds. The molecule has 0 aromatic carbocycles. The quantitative estimate of drug-likeness (QED) is 0.546. The summed E-state index contributed by atoms with van der Waals surface area (Å²) in [6.07, 6.45) is 3.03. The first-order chi connectivity index (χ1) is 6.74. The predicted octanol–water partition coefficient (Wildman–Crippen LogP) is 0.509. The smallest absolute Gasteiger partial charge is 0.251 e. The fourth-order valence-corrected chi connectivity index (χ4v) is 0.958. The Labute approximate surface area is 83.0 Å². The zero-order valence-electron chi connectivity index (χ0n) is 8.16. The number of unbranched alkanes of at least 4 members (excludes halogenated alkanes) is 1. The molecule has 0 radical (unpaired) electrons. The Morgan fingerprint density at radius 3 is 3.00 bits per heavy atom. The van der Waals surface area contributed by atoms with Gasteiger partial charge in [0.05, 0.1) is 0 Å². The van der Waals surface area contributed by atoms with Crippen molar-refractivity contribution in [3.63, 3.8) is 0 Å². The van der Waals surface area contributed by atoms with Gasteiger partial charge in [-0.25, -0.2) is 0 Å². The van der Waals surface area contributed by atoms with Crippen LogP contribution >= 0.6 is 0 Å². The van der Waals surface area contributed by atoms with E-state index in [2.05, 4.69) is 11.8 Å². The first-order valence-corrected chi connectivity index (χ1v) is 4.50. The van der Waals surface area contributed by atoms with E-state index >= 15 is 0 Å². The van der Waals surface area contributed by atoms with E-state index in [0.29, 0.717) is 12.8 Å². The molecule has 0 aliphatic heterocycles. The highest BCUT2D eigenvalue weighted by Crippen LogP contribution is 1.91. The molecule has 1 aromatic rings. The second-order valence-electron chi connectivity index (χ2n) is 2.99. The SMILES string of the molecule is Cn1ccc(C#CCCCO)cc1=O. The Morgan fingerprint density at radius 1 is 1.57 bits per heavy atom. The molecule has 3 heteroatoms. The normalized spacial score (nSPS) is 9.29. The van der Waals surface area contributed by atoms with Crippen molar-refractivity contribution in [2.45, 2.75) is 12.8 Å². The molecule has 0 aliphatic carbocycles. The van der Waals surface area contributed by atoms with Gasteiger partial charge in [0.1, 0.15) is 0 Å². The monoisotopic (exact) mass is 191 g/mol. The van der Waals surface area contributed by atoms with Gasteiger partial charge in [-0.15, -0.1) is 0 Å². The number of nitrogens with zero attached hydrogens (tertiary/aromatic N) is 1. The molecular formula is C11H13NO2. The topological polar surface area (TPSA) is 42.2 Å².